The zero-order chi connectivity index (χ0) is 12.4. The first-order valence-electron chi connectivity index (χ1n) is 5.61. The number of hydrogen-bond donors (Lipinski definition) is 2. The van der Waals surface area contributed by atoms with Gasteiger partial charge in [0.1, 0.15) is 5.82 Å². The van der Waals surface area contributed by atoms with E-state index in [1.165, 1.54) is 4.88 Å². The monoisotopic (exact) mass is 313 g/mol. The van der Waals surface area contributed by atoms with Gasteiger partial charge in [0, 0.05) is 22.3 Å². The number of rotatable bonds is 4. The van der Waals surface area contributed by atoms with Crippen LogP contribution in [0.1, 0.15) is 25.6 Å². The quantitative estimate of drug-likeness (QED) is 0.906. The fourth-order valence-corrected chi connectivity index (χ4v) is 3.20. The number of imidazole rings is 1. The number of hydrogen-bond acceptors (Lipinski definition) is 3. The molecule has 1 atom stereocenters. The van der Waals surface area contributed by atoms with Gasteiger partial charge in [-0.15, -0.1) is 11.3 Å². The van der Waals surface area contributed by atoms with Gasteiger partial charge in [-0.05, 0) is 27.9 Å². The predicted molar refractivity (Wildman–Crippen MR) is 76.2 cm³/mol. The Bertz CT molecular complexity index is 489. The average Bonchev–Trinajstić information content (AvgIpc) is 2.87. The number of nitrogens with one attached hydrogen (secondary N) is 1. The molecule has 17 heavy (non-hydrogen) atoms. The SMILES string of the molecule is CC(C)C(CN)c1ncc(-c2cc(Br)cs2)[nH]1. The molecule has 3 N–H and O–H groups in total. The highest BCUT2D eigenvalue weighted by atomic mass is 79.9. The fraction of sp³-hybridized carbons (Fsp3) is 0.417. The van der Waals surface area contributed by atoms with Gasteiger partial charge in [-0.1, -0.05) is 13.8 Å². The molecule has 2 aromatic heterocycles. The minimum atomic E-state index is 0.298. The van der Waals surface area contributed by atoms with Crippen molar-refractivity contribution in [3.8, 4) is 10.6 Å². The molecule has 0 aliphatic carbocycles. The molecule has 92 valence electrons. The number of nitrogens with zero attached hydrogens (tertiary/aromatic N) is 1. The lowest BCUT2D eigenvalue weighted by Gasteiger charge is -2.15. The average molecular weight is 314 g/mol. The molecular weight excluding hydrogens is 298 g/mol. The van der Waals surface area contributed by atoms with E-state index in [9.17, 15) is 0 Å². The summed E-state index contributed by atoms with van der Waals surface area (Å²) in [6.45, 7) is 4.96. The van der Waals surface area contributed by atoms with E-state index in [1.54, 1.807) is 11.3 Å². The van der Waals surface area contributed by atoms with Crippen LogP contribution in [0, 0.1) is 5.92 Å². The van der Waals surface area contributed by atoms with Crippen molar-refractivity contribution < 1.29 is 0 Å². The molecular formula is C12H16BrN3S. The van der Waals surface area contributed by atoms with Gasteiger partial charge in [0.15, 0.2) is 0 Å². The van der Waals surface area contributed by atoms with E-state index in [0.29, 0.717) is 18.4 Å². The molecule has 5 heteroatoms. The van der Waals surface area contributed by atoms with Crippen LogP contribution in [0.4, 0.5) is 0 Å². The smallest absolute Gasteiger partial charge is 0.111 e. The molecule has 0 amide bonds. The Labute approximate surface area is 114 Å². The first-order valence-corrected chi connectivity index (χ1v) is 7.28. The molecule has 0 spiro atoms. The van der Waals surface area contributed by atoms with Crippen LogP contribution in [0.15, 0.2) is 22.1 Å². The Morgan fingerprint density at radius 1 is 1.53 bits per heavy atom. The van der Waals surface area contributed by atoms with E-state index in [2.05, 4.69) is 51.2 Å². The molecule has 0 fully saturated rings. The summed E-state index contributed by atoms with van der Waals surface area (Å²) >= 11 is 5.15. The van der Waals surface area contributed by atoms with Gasteiger partial charge in [-0.2, -0.15) is 0 Å². The molecule has 0 aliphatic rings. The van der Waals surface area contributed by atoms with Crippen molar-refractivity contribution in [1.82, 2.24) is 9.97 Å². The second kappa shape index (κ2) is 5.33. The molecule has 2 rings (SSSR count). The summed E-state index contributed by atoms with van der Waals surface area (Å²) < 4.78 is 1.10. The summed E-state index contributed by atoms with van der Waals surface area (Å²) in [6.07, 6.45) is 1.89. The second-order valence-corrected chi connectivity index (χ2v) is 6.22. The van der Waals surface area contributed by atoms with Crippen LogP contribution < -0.4 is 5.73 Å². The molecule has 0 saturated carbocycles. The van der Waals surface area contributed by atoms with Crippen molar-refractivity contribution >= 4 is 27.3 Å². The summed E-state index contributed by atoms with van der Waals surface area (Å²) in [7, 11) is 0. The second-order valence-electron chi connectivity index (χ2n) is 4.40. The molecule has 0 saturated heterocycles. The third kappa shape index (κ3) is 2.78. The fourth-order valence-electron chi connectivity index (χ4n) is 1.80. The van der Waals surface area contributed by atoms with Gasteiger partial charge in [-0.3, -0.25) is 0 Å². The molecule has 0 radical (unpaired) electrons. The highest BCUT2D eigenvalue weighted by Crippen LogP contribution is 2.30. The first-order chi connectivity index (χ1) is 8.11. The predicted octanol–water partition coefficient (Wildman–Crippen LogP) is 3.60. The van der Waals surface area contributed by atoms with Gasteiger partial charge in [0.05, 0.1) is 16.8 Å². The van der Waals surface area contributed by atoms with Crippen molar-refractivity contribution in [2.75, 3.05) is 6.54 Å². The standard InChI is InChI=1S/C12H16BrN3S/c1-7(2)9(4-14)12-15-5-10(16-12)11-3-8(13)6-17-11/h3,5-7,9H,4,14H2,1-2H3,(H,15,16). The number of nitrogens with two attached hydrogens (primary N) is 1. The maximum Gasteiger partial charge on any atom is 0.111 e. The van der Waals surface area contributed by atoms with Gasteiger partial charge in [-0.25, -0.2) is 4.98 Å². The topological polar surface area (TPSA) is 54.7 Å². The molecule has 0 aromatic carbocycles. The van der Waals surface area contributed by atoms with Crippen molar-refractivity contribution in [3.05, 3.63) is 27.9 Å². The Kier molecular flexibility index (Phi) is 4.01. The highest BCUT2D eigenvalue weighted by molar-refractivity contribution is 9.10. The Balaban J connectivity index is 2.26. The van der Waals surface area contributed by atoms with Crippen molar-refractivity contribution in [3.63, 3.8) is 0 Å². The maximum absolute atomic E-state index is 5.79. The Morgan fingerprint density at radius 2 is 2.29 bits per heavy atom. The van der Waals surface area contributed by atoms with Crippen LogP contribution in [0.5, 0.6) is 0 Å². The zero-order valence-electron chi connectivity index (χ0n) is 9.90. The number of H-pyrrole nitrogens is 1. The highest BCUT2D eigenvalue weighted by Gasteiger charge is 2.17. The van der Waals surface area contributed by atoms with E-state index >= 15 is 0 Å². The minimum Gasteiger partial charge on any atom is -0.341 e. The minimum absolute atomic E-state index is 0.298. The molecule has 0 aliphatic heterocycles. The molecule has 2 aromatic rings. The van der Waals surface area contributed by atoms with Crippen molar-refractivity contribution in [2.45, 2.75) is 19.8 Å². The summed E-state index contributed by atoms with van der Waals surface area (Å²) in [5.74, 6) is 1.78. The maximum atomic E-state index is 5.79. The van der Waals surface area contributed by atoms with Crippen LogP contribution in [0.3, 0.4) is 0 Å². The molecule has 1 unspecified atom stereocenters. The molecule has 2 heterocycles. The van der Waals surface area contributed by atoms with E-state index in [0.717, 1.165) is 16.0 Å². The first kappa shape index (κ1) is 12.8. The van der Waals surface area contributed by atoms with Crippen molar-refractivity contribution in [2.24, 2.45) is 11.7 Å². The number of aromatic nitrogens is 2. The number of aromatic amines is 1. The largest absolute Gasteiger partial charge is 0.341 e. The van der Waals surface area contributed by atoms with Gasteiger partial charge >= 0.3 is 0 Å². The number of thiophene rings is 1. The van der Waals surface area contributed by atoms with Gasteiger partial charge in [0.25, 0.3) is 0 Å². The lowest BCUT2D eigenvalue weighted by molar-refractivity contribution is 0.487. The summed E-state index contributed by atoms with van der Waals surface area (Å²) in [5, 5.41) is 2.07. The van der Waals surface area contributed by atoms with Crippen molar-refractivity contribution in [1.29, 1.82) is 0 Å². The van der Waals surface area contributed by atoms with Gasteiger partial charge in [0.2, 0.25) is 0 Å². The van der Waals surface area contributed by atoms with E-state index in [1.807, 2.05) is 6.20 Å². The summed E-state index contributed by atoms with van der Waals surface area (Å²) in [6, 6.07) is 2.09. The third-order valence-corrected chi connectivity index (χ3v) is 4.56. The summed E-state index contributed by atoms with van der Waals surface area (Å²) in [5.41, 5.74) is 6.86. The van der Waals surface area contributed by atoms with E-state index < -0.39 is 0 Å². The Hall–Kier alpha value is -0.650. The lowest BCUT2D eigenvalue weighted by atomic mass is 9.95. The Morgan fingerprint density at radius 3 is 2.82 bits per heavy atom. The zero-order valence-corrected chi connectivity index (χ0v) is 12.3. The van der Waals surface area contributed by atoms with E-state index in [4.69, 9.17) is 5.73 Å². The van der Waals surface area contributed by atoms with Crippen LogP contribution in [0.25, 0.3) is 10.6 Å². The van der Waals surface area contributed by atoms with Crippen LogP contribution in [-0.2, 0) is 0 Å². The molecule has 0 bridgehead atoms. The van der Waals surface area contributed by atoms with E-state index in [-0.39, 0.29) is 0 Å². The molecule has 3 nitrogen and oxygen atoms in total. The summed E-state index contributed by atoms with van der Waals surface area (Å²) in [4.78, 5) is 9.01. The van der Waals surface area contributed by atoms with Gasteiger partial charge < -0.3 is 10.7 Å². The lowest BCUT2D eigenvalue weighted by Crippen LogP contribution is -2.18. The third-order valence-electron chi connectivity index (χ3n) is 2.84. The van der Waals surface area contributed by atoms with Crippen LogP contribution >= 0.6 is 27.3 Å². The number of halogens is 1. The van der Waals surface area contributed by atoms with Crippen LogP contribution in [-0.4, -0.2) is 16.5 Å². The normalized spacial score (nSPS) is 13.2. The van der Waals surface area contributed by atoms with Crippen LogP contribution in [0.2, 0.25) is 0 Å².